The predicted octanol–water partition coefficient (Wildman–Crippen LogP) is 0.312. The highest BCUT2D eigenvalue weighted by molar-refractivity contribution is 7.99. The summed E-state index contributed by atoms with van der Waals surface area (Å²) in [5, 5.41) is 12.7. The lowest BCUT2D eigenvalue weighted by Crippen LogP contribution is -2.54. The van der Waals surface area contributed by atoms with Crippen molar-refractivity contribution in [2.45, 2.75) is 17.0 Å². The van der Waals surface area contributed by atoms with Gasteiger partial charge in [-0.05, 0) is 12.2 Å². The molecule has 7 nitrogen and oxygen atoms in total. The molecule has 10 heteroatoms. The molecule has 2 heterocycles. The molecule has 0 spiro atoms. The molecule has 2 N–H and O–H groups in total. The van der Waals surface area contributed by atoms with Gasteiger partial charge in [-0.3, -0.25) is 9.48 Å². The van der Waals surface area contributed by atoms with Crippen molar-refractivity contribution in [2.75, 3.05) is 11.5 Å². The van der Waals surface area contributed by atoms with Gasteiger partial charge in [0.05, 0.1) is 11.2 Å². The van der Waals surface area contributed by atoms with Crippen LogP contribution < -0.4 is 4.72 Å². The number of nitrogens with zero attached hydrogens (tertiary/aromatic N) is 2. The molecule has 1 fully saturated rings. The number of aliphatic carboxylic acids is 1. The van der Waals surface area contributed by atoms with Crippen LogP contribution in [-0.4, -0.2) is 46.3 Å². The molecule has 0 aromatic carbocycles. The monoisotopic (exact) mass is 325 g/mol. The summed E-state index contributed by atoms with van der Waals surface area (Å²) in [6.45, 7) is 0. The fourth-order valence-corrected chi connectivity index (χ4v) is 5.33. The van der Waals surface area contributed by atoms with Gasteiger partial charge >= 0.3 is 5.97 Å². The zero-order valence-electron chi connectivity index (χ0n) is 9.96. The molecular formula is C9H12ClN3O4S2. The van der Waals surface area contributed by atoms with Gasteiger partial charge in [-0.25, -0.2) is 8.42 Å². The summed E-state index contributed by atoms with van der Waals surface area (Å²) >= 11 is 7.18. The zero-order chi connectivity index (χ0) is 14.3. The molecule has 1 aliphatic heterocycles. The van der Waals surface area contributed by atoms with E-state index in [4.69, 9.17) is 11.6 Å². The summed E-state index contributed by atoms with van der Waals surface area (Å²) in [4.78, 5) is 11.3. The molecule has 106 valence electrons. The first kappa shape index (κ1) is 14.6. The van der Waals surface area contributed by atoms with Crippen LogP contribution in [0.25, 0.3) is 0 Å². The standard InChI is InChI=1S/C9H12ClN3O4S2/c1-13-7(6(10)4-11-13)19(16,17)12-9(8(14)15)2-3-18-5-9/h4,12H,2-3,5H2,1H3,(H,14,15). The van der Waals surface area contributed by atoms with Crippen LogP contribution in [0.15, 0.2) is 11.2 Å². The van der Waals surface area contributed by atoms with Crippen LogP contribution >= 0.6 is 23.4 Å². The van der Waals surface area contributed by atoms with Gasteiger partial charge in [0.1, 0.15) is 5.54 Å². The second kappa shape index (κ2) is 4.97. The maximum Gasteiger partial charge on any atom is 0.325 e. The van der Waals surface area contributed by atoms with E-state index >= 15 is 0 Å². The quantitative estimate of drug-likeness (QED) is 0.826. The number of hydrogen-bond acceptors (Lipinski definition) is 5. The largest absolute Gasteiger partial charge is 0.480 e. The molecule has 19 heavy (non-hydrogen) atoms. The minimum Gasteiger partial charge on any atom is -0.480 e. The number of rotatable bonds is 4. The zero-order valence-corrected chi connectivity index (χ0v) is 12.3. The number of halogens is 1. The maximum absolute atomic E-state index is 12.3. The maximum atomic E-state index is 12.3. The van der Waals surface area contributed by atoms with Crippen molar-refractivity contribution < 1.29 is 18.3 Å². The third-order valence-electron chi connectivity index (χ3n) is 2.86. The Morgan fingerprint density at radius 3 is 2.79 bits per heavy atom. The van der Waals surface area contributed by atoms with Crippen molar-refractivity contribution in [1.29, 1.82) is 0 Å². The molecule has 0 aliphatic carbocycles. The normalized spacial score (nSPS) is 23.7. The molecular weight excluding hydrogens is 314 g/mol. The molecule has 1 atom stereocenters. The van der Waals surface area contributed by atoms with Gasteiger partial charge in [0, 0.05) is 12.8 Å². The fraction of sp³-hybridized carbons (Fsp3) is 0.556. The van der Waals surface area contributed by atoms with Gasteiger partial charge in [-0.15, -0.1) is 0 Å². The molecule has 0 saturated carbocycles. The highest BCUT2D eigenvalue weighted by Crippen LogP contribution is 2.31. The van der Waals surface area contributed by atoms with Crippen molar-refractivity contribution in [3.63, 3.8) is 0 Å². The summed E-state index contributed by atoms with van der Waals surface area (Å²) in [5.74, 6) is -0.398. The van der Waals surface area contributed by atoms with Crippen LogP contribution in [0, 0.1) is 0 Å². The number of hydrogen-bond donors (Lipinski definition) is 2. The third-order valence-corrected chi connectivity index (χ3v) is 6.09. The van der Waals surface area contributed by atoms with Gasteiger partial charge in [0.15, 0.2) is 5.03 Å². The van der Waals surface area contributed by atoms with E-state index < -0.39 is 21.5 Å². The highest BCUT2D eigenvalue weighted by atomic mass is 35.5. The van der Waals surface area contributed by atoms with Crippen molar-refractivity contribution in [3.8, 4) is 0 Å². The molecule has 0 bridgehead atoms. The second-order valence-corrected chi connectivity index (χ2v) is 7.33. The Hall–Kier alpha value is -0.770. The fourth-order valence-electron chi connectivity index (χ4n) is 1.87. The van der Waals surface area contributed by atoms with Crippen molar-refractivity contribution in [3.05, 3.63) is 11.2 Å². The minimum atomic E-state index is -4.04. The topological polar surface area (TPSA) is 101 Å². The summed E-state index contributed by atoms with van der Waals surface area (Å²) in [6, 6.07) is 0. The number of carboxylic acids is 1. The Morgan fingerprint density at radius 1 is 1.68 bits per heavy atom. The minimum absolute atomic E-state index is 0.0406. The summed E-state index contributed by atoms with van der Waals surface area (Å²) in [5.41, 5.74) is -1.48. The molecule has 1 aromatic rings. The lowest BCUT2D eigenvalue weighted by atomic mass is 10.0. The van der Waals surface area contributed by atoms with Gasteiger partial charge < -0.3 is 5.11 Å². The second-order valence-electron chi connectivity index (χ2n) is 4.22. The molecule has 2 rings (SSSR count). The lowest BCUT2D eigenvalue weighted by molar-refractivity contribution is -0.142. The van der Waals surface area contributed by atoms with E-state index in [-0.39, 0.29) is 22.2 Å². The van der Waals surface area contributed by atoms with E-state index in [1.807, 2.05) is 0 Å². The SMILES string of the molecule is Cn1ncc(Cl)c1S(=O)(=O)NC1(C(=O)O)CCSC1. The number of aryl methyl sites for hydroxylation is 1. The number of aromatic nitrogens is 2. The van der Waals surface area contributed by atoms with E-state index in [0.717, 1.165) is 4.68 Å². The number of sulfonamides is 1. The smallest absolute Gasteiger partial charge is 0.325 e. The number of carboxylic acid groups (broad SMARTS) is 1. The van der Waals surface area contributed by atoms with Gasteiger partial charge in [-0.2, -0.15) is 21.6 Å². The Balaban J connectivity index is 2.39. The van der Waals surface area contributed by atoms with Crippen molar-refractivity contribution in [1.82, 2.24) is 14.5 Å². The Morgan fingerprint density at radius 2 is 2.37 bits per heavy atom. The van der Waals surface area contributed by atoms with Crippen LogP contribution in [-0.2, 0) is 21.9 Å². The van der Waals surface area contributed by atoms with Crippen LogP contribution in [0.5, 0.6) is 0 Å². The van der Waals surface area contributed by atoms with Crippen molar-refractivity contribution in [2.24, 2.45) is 7.05 Å². The van der Waals surface area contributed by atoms with E-state index in [1.54, 1.807) is 0 Å². The average Bonchev–Trinajstić information content (AvgIpc) is 2.86. The number of thioether (sulfide) groups is 1. The van der Waals surface area contributed by atoms with Gasteiger partial charge in [-0.1, -0.05) is 11.6 Å². The van der Waals surface area contributed by atoms with Crippen LogP contribution in [0.3, 0.4) is 0 Å². The molecule has 0 amide bonds. The Labute approximate surface area is 119 Å². The summed E-state index contributed by atoms with van der Waals surface area (Å²) < 4.78 is 27.9. The predicted molar refractivity (Wildman–Crippen MR) is 70.8 cm³/mol. The third kappa shape index (κ3) is 2.60. The summed E-state index contributed by atoms with van der Waals surface area (Å²) in [7, 11) is -2.61. The van der Waals surface area contributed by atoms with E-state index in [2.05, 4.69) is 9.82 Å². The van der Waals surface area contributed by atoms with E-state index in [9.17, 15) is 18.3 Å². The average molecular weight is 326 g/mol. The van der Waals surface area contributed by atoms with Gasteiger partial charge in [0.25, 0.3) is 10.0 Å². The highest BCUT2D eigenvalue weighted by Gasteiger charge is 2.46. The summed E-state index contributed by atoms with van der Waals surface area (Å²) in [6.07, 6.45) is 1.44. The first-order valence-electron chi connectivity index (χ1n) is 5.31. The van der Waals surface area contributed by atoms with E-state index in [0.29, 0.717) is 5.75 Å². The van der Waals surface area contributed by atoms with Gasteiger partial charge in [0.2, 0.25) is 0 Å². The Bertz CT molecular complexity index is 587. The van der Waals surface area contributed by atoms with E-state index in [1.165, 1.54) is 25.0 Å². The molecule has 1 saturated heterocycles. The number of carbonyl (C=O) groups is 1. The first-order chi connectivity index (χ1) is 8.78. The lowest BCUT2D eigenvalue weighted by Gasteiger charge is -2.24. The number of nitrogens with one attached hydrogen (secondary N) is 1. The molecule has 1 aliphatic rings. The first-order valence-corrected chi connectivity index (χ1v) is 8.33. The van der Waals surface area contributed by atoms with Crippen LogP contribution in [0.2, 0.25) is 5.02 Å². The molecule has 1 unspecified atom stereocenters. The molecule has 1 aromatic heterocycles. The van der Waals surface area contributed by atoms with Crippen LogP contribution in [0.1, 0.15) is 6.42 Å². The van der Waals surface area contributed by atoms with Crippen LogP contribution in [0.4, 0.5) is 0 Å². The Kier molecular flexibility index (Phi) is 3.83. The van der Waals surface area contributed by atoms with Crippen molar-refractivity contribution >= 4 is 39.4 Å². The molecule has 0 radical (unpaired) electrons.